The average Bonchev–Trinajstić information content (AvgIpc) is 3.06. The van der Waals surface area contributed by atoms with Crippen LogP contribution in [0.15, 0.2) is 0 Å². The van der Waals surface area contributed by atoms with Crippen LogP contribution in [0.4, 0.5) is 0 Å². The first-order chi connectivity index (χ1) is 13.1. The molecule has 6 heteroatoms. The highest BCUT2D eigenvalue weighted by atomic mass is 16.8. The summed E-state index contributed by atoms with van der Waals surface area (Å²) in [5.41, 5.74) is -0.589. The Morgan fingerprint density at radius 3 is 2.64 bits per heavy atom. The van der Waals surface area contributed by atoms with Crippen molar-refractivity contribution in [3.8, 4) is 0 Å². The third kappa shape index (κ3) is 2.11. The fraction of sp³-hybridized carbons (Fsp3) is 0.909. The van der Waals surface area contributed by atoms with E-state index in [2.05, 4.69) is 20.8 Å². The van der Waals surface area contributed by atoms with E-state index >= 15 is 0 Å². The predicted octanol–water partition coefficient (Wildman–Crippen LogP) is 3.01. The van der Waals surface area contributed by atoms with E-state index in [-0.39, 0.29) is 40.5 Å². The molecule has 3 aliphatic carbocycles. The van der Waals surface area contributed by atoms with Gasteiger partial charge in [-0.05, 0) is 54.8 Å². The molecule has 0 aromatic rings. The van der Waals surface area contributed by atoms with Crippen molar-refractivity contribution in [2.24, 2.45) is 39.9 Å². The van der Waals surface area contributed by atoms with Crippen LogP contribution in [0.25, 0.3) is 0 Å². The zero-order chi connectivity index (χ0) is 20.1. The van der Waals surface area contributed by atoms with Gasteiger partial charge in [0, 0.05) is 12.8 Å². The van der Waals surface area contributed by atoms with Crippen LogP contribution in [0.1, 0.15) is 66.2 Å². The highest BCUT2D eigenvalue weighted by molar-refractivity contribution is 5.76. The van der Waals surface area contributed by atoms with Gasteiger partial charge in [-0.25, -0.2) is 0 Å². The maximum Gasteiger partial charge on any atom is 0.311 e. The molecule has 5 rings (SSSR count). The molecule has 0 amide bonds. The van der Waals surface area contributed by atoms with Crippen LogP contribution in [-0.2, 0) is 23.8 Å². The Morgan fingerprint density at radius 1 is 1.18 bits per heavy atom. The molecule has 3 saturated carbocycles. The first-order valence-corrected chi connectivity index (χ1v) is 10.8. The van der Waals surface area contributed by atoms with E-state index in [4.69, 9.17) is 14.2 Å². The fourth-order valence-corrected chi connectivity index (χ4v) is 8.45. The highest BCUT2D eigenvalue weighted by Crippen LogP contribution is 2.73. The van der Waals surface area contributed by atoms with E-state index in [1.165, 1.54) is 6.92 Å². The Balaban J connectivity index is 1.68. The third-order valence-electron chi connectivity index (χ3n) is 9.29. The van der Waals surface area contributed by atoms with Gasteiger partial charge in [-0.3, -0.25) is 9.59 Å². The molecule has 6 nitrogen and oxygen atoms in total. The van der Waals surface area contributed by atoms with Crippen molar-refractivity contribution in [1.29, 1.82) is 0 Å². The summed E-state index contributed by atoms with van der Waals surface area (Å²) in [6, 6.07) is 0. The molecule has 2 aliphatic heterocycles. The second-order valence-corrected chi connectivity index (χ2v) is 10.8. The third-order valence-corrected chi connectivity index (χ3v) is 9.29. The van der Waals surface area contributed by atoms with Gasteiger partial charge in [0.1, 0.15) is 6.10 Å². The smallest absolute Gasteiger partial charge is 0.311 e. The molecule has 28 heavy (non-hydrogen) atoms. The zero-order valence-electron chi connectivity index (χ0n) is 17.3. The lowest BCUT2D eigenvalue weighted by Gasteiger charge is -2.67. The molecule has 0 unspecified atom stereocenters. The second kappa shape index (κ2) is 5.72. The second-order valence-electron chi connectivity index (χ2n) is 10.8. The summed E-state index contributed by atoms with van der Waals surface area (Å²) in [4.78, 5) is 24.6. The number of carbonyl (C=O) groups excluding carboxylic acids is 2. The monoisotopic (exact) mass is 392 g/mol. The maximum absolute atomic E-state index is 12.5. The van der Waals surface area contributed by atoms with Crippen molar-refractivity contribution in [2.75, 3.05) is 0 Å². The maximum atomic E-state index is 12.5. The molecule has 5 aliphatic rings. The minimum atomic E-state index is -1.07. The minimum Gasteiger partial charge on any atom is -0.462 e. The molecule has 9 atom stereocenters. The molecule has 5 fully saturated rings. The summed E-state index contributed by atoms with van der Waals surface area (Å²) in [5.74, 6) is -0.530. The molecule has 0 radical (unpaired) electrons. The van der Waals surface area contributed by atoms with E-state index in [0.717, 1.165) is 32.1 Å². The Hall–Kier alpha value is -1.14. The largest absolute Gasteiger partial charge is 0.462 e. The van der Waals surface area contributed by atoms with Crippen LogP contribution >= 0.6 is 0 Å². The normalized spacial score (nSPS) is 53.6. The van der Waals surface area contributed by atoms with Crippen molar-refractivity contribution >= 4 is 11.9 Å². The SMILES string of the molecule is CC(=O)O[C@@H]1C[C@@H]2C(C)(C)CCC[C@]2(C)[C@@H]2CC[C@H]3C(=O)O[C@H]4O[C@@H](O)[C@@]12[C@H]43. The molecule has 0 aromatic heterocycles. The van der Waals surface area contributed by atoms with Crippen molar-refractivity contribution in [3.63, 3.8) is 0 Å². The summed E-state index contributed by atoms with van der Waals surface area (Å²) >= 11 is 0. The van der Waals surface area contributed by atoms with Crippen molar-refractivity contribution < 1.29 is 28.9 Å². The Morgan fingerprint density at radius 2 is 1.93 bits per heavy atom. The Bertz CT molecular complexity index is 718. The molecule has 2 heterocycles. The van der Waals surface area contributed by atoms with Gasteiger partial charge in [0.15, 0.2) is 6.29 Å². The first kappa shape index (κ1) is 18.9. The predicted molar refractivity (Wildman–Crippen MR) is 98.5 cm³/mol. The van der Waals surface area contributed by atoms with E-state index in [1.807, 2.05) is 0 Å². The zero-order valence-corrected chi connectivity index (χ0v) is 17.3. The van der Waals surface area contributed by atoms with E-state index in [9.17, 15) is 14.7 Å². The van der Waals surface area contributed by atoms with E-state index < -0.39 is 24.1 Å². The number of ether oxygens (including phenoxy) is 3. The van der Waals surface area contributed by atoms with Crippen molar-refractivity contribution in [2.45, 2.75) is 84.9 Å². The molecular weight excluding hydrogens is 360 g/mol. The van der Waals surface area contributed by atoms with Gasteiger partial charge in [-0.15, -0.1) is 0 Å². The summed E-state index contributed by atoms with van der Waals surface area (Å²) in [5, 5.41) is 11.2. The number of aliphatic hydroxyl groups is 1. The fourth-order valence-electron chi connectivity index (χ4n) is 8.45. The quantitative estimate of drug-likeness (QED) is 0.691. The summed E-state index contributed by atoms with van der Waals surface area (Å²) in [6.45, 7) is 8.46. The van der Waals surface area contributed by atoms with Crippen LogP contribution < -0.4 is 0 Å². The Kier molecular flexibility index (Phi) is 3.85. The van der Waals surface area contributed by atoms with Crippen LogP contribution in [0, 0.1) is 39.9 Å². The van der Waals surface area contributed by atoms with Crippen LogP contribution in [0.2, 0.25) is 0 Å². The number of esters is 2. The molecule has 1 N–H and O–H groups in total. The number of hydrogen-bond donors (Lipinski definition) is 1. The molecule has 0 bridgehead atoms. The van der Waals surface area contributed by atoms with E-state index in [0.29, 0.717) is 12.3 Å². The first-order valence-electron chi connectivity index (χ1n) is 10.8. The molecule has 0 aromatic carbocycles. The van der Waals surface area contributed by atoms with Crippen molar-refractivity contribution in [1.82, 2.24) is 0 Å². The van der Waals surface area contributed by atoms with Crippen LogP contribution in [0.5, 0.6) is 0 Å². The molecule has 156 valence electrons. The number of rotatable bonds is 1. The van der Waals surface area contributed by atoms with Gasteiger partial charge in [0.2, 0.25) is 6.29 Å². The average molecular weight is 392 g/mol. The lowest BCUT2D eigenvalue weighted by Crippen LogP contribution is -2.68. The van der Waals surface area contributed by atoms with Crippen LogP contribution in [-0.4, -0.2) is 35.7 Å². The molecular formula is C22H32O6. The van der Waals surface area contributed by atoms with Crippen molar-refractivity contribution in [3.05, 3.63) is 0 Å². The highest BCUT2D eigenvalue weighted by Gasteiger charge is 2.78. The van der Waals surface area contributed by atoms with Crippen LogP contribution in [0.3, 0.4) is 0 Å². The number of aliphatic hydroxyl groups excluding tert-OH is 1. The number of hydrogen-bond acceptors (Lipinski definition) is 6. The summed E-state index contributed by atoms with van der Waals surface area (Å²) < 4.78 is 17.3. The standard InChI is InChI=1S/C22H32O6/c1-11(23)26-15-10-14-20(2,3)8-5-9-21(14,4)13-7-6-12-16-18(27-17(12)24)28-19(25)22(13,15)16/h12-16,18-19,25H,5-10H2,1-4H3/t12-,13+,14-,15-,16+,18+,19-,21-,22-/m1/s1. The molecule has 1 spiro atoms. The van der Waals surface area contributed by atoms with E-state index in [1.54, 1.807) is 0 Å². The summed E-state index contributed by atoms with van der Waals surface area (Å²) in [7, 11) is 0. The lowest BCUT2D eigenvalue weighted by atomic mass is 9.37. The lowest BCUT2D eigenvalue weighted by molar-refractivity contribution is -0.278. The van der Waals surface area contributed by atoms with Gasteiger partial charge in [0.25, 0.3) is 0 Å². The molecule has 2 saturated heterocycles. The van der Waals surface area contributed by atoms with Gasteiger partial charge in [-0.2, -0.15) is 0 Å². The minimum absolute atomic E-state index is 0.0221. The number of carbonyl (C=O) groups is 2. The van der Waals surface area contributed by atoms with Gasteiger partial charge >= 0.3 is 11.9 Å². The number of fused-ring (bicyclic) bond motifs is 2. The topological polar surface area (TPSA) is 82.1 Å². The van der Waals surface area contributed by atoms with Gasteiger partial charge in [-0.1, -0.05) is 27.2 Å². The van der Waals surface area contributed by atoms with Gasteiger partial charge < -0.3 is 19.3 Å². The van der Waals surface area contributed by atoms with Gasteiger partial charge in [0.05, 0.1) is 11.3 Å². The Labute approximate surface area is 166 Å². The summed E-state index contributed by atoms with van der Waals surface area (Å²) in [6.07, 6.45) is 3.49.